The minimum Gasteiger partial charge on any atom is -0.351 e. The van der Waals surface area contributed by atoms with Gasteiger partial charge in [-0.1, -0.05) is 53.7 Å². The maximum atomic E-state index is 13.8. The number of fused-ring (bicyclic) bond motifs is 1. The summed E-state index contributed by atoms with van der Waals surface area (Å²) in [6.45, 7) is 2.02. The van der Waals surface area contributed by atoms with Crippen molar-refractivity contribution in [3.8, 4) is 5.69 Å². The molecule has 8 heteroatoms. The van der Waals surface area contributed by atoms with Gasteiger partial charge in [-0.3, -0.25) is 14.2 Å². The van der Waals surface area contributed by atoms with E-state index < -0.39 is 0 Å². The molecule has 0 aliphatic carbocycles. The second kappa shape index (κ2) is 9.54. The molecule has 0 saturated carbocycles. The first-order valence-electron chi connectivity index (χ1n) is 9.84. The van der Waals surface area contributed by atoms with Gasteiger partial charge >= 0.3 is 0 Å². The summed E-state index contributed by atoms with van der Waals surface area (Å²) in [6, 6.07) is 18.7. The van der Waals surface area contributed by atoms with Crippen LogP contribution >= 0.6 is 23.4 Å². The number of aryl methyl sites for hydroxylation is 1. The number of amides is 1. The van der Waals surface area contributed by atoms with Crippen molar-refractivity contribution < 1.29 is 9.18 Å². The molecule has 162 valence electrons. The van der Waals surface area contributed by atoms with E-state index in [4.69, 9.17) is 11.6 Å². The molecule has 0 saturated heterocycles. The zero-order valence-electron chi connectivity index (χ0n) is 17.1. The number of carbonyl (C=O) groups is 1. The predicted molar refractivity (Wildman–Crippen MR) is 126 cm³/mol. The molecule has 0 bridgehead atoms. The Morgan fingerprint density at radius 1 is 1.12 bits per heavy atom. The van der Waals surface area contributed by atoms with Crippen molar-refractivity contribution in [1.29, 1.82) is 0 Å². The molecule has 3 aromatic carbocycles. The van der Waals surface area contributed by atoms with E-state index in [0.717, 1.165) is 17.3 Å². The SMILES string of the molecule is Cc1cccc(-n2c(SCC(=O)NCc3ccccc3F)nc3cc(Cl)ccc3c2=O)c1. The van der Waals surface area contributed by atoms with E-state index in [9.17, 15) is 14.0 Å². The highest BCUT2D eigenvalue weighted by molar-refractivity contribution is 7.99. The number of halogens is 2. The number of rotatable bonds is 6. The Balaban J connectivity index is 1.63. The average molecular weight is 468 g/mol. The standard InChI is InChI=1S/C24H19ClFN3O2S/c1-15-5-4-7-18(11-15)29-23(31)19-10-9-17(25)12-21(19)28-24(29)32-14-22(30)27-13-16-6-2-3-8-20(16)26/h2-12H,13-14H2,1H3,(H,27,30). The predicted octanol–water partition coefficient (Wildman–Crippen LogP) is 4.90. The molecule has 0 radical (unpaired) electrons. The molecule has 32 heavy (non-hydrogen) atoms. The van der Waals surface area contributed by atoms with E-state index in [-0.39, 0.29) is 29.6 Å². The first-order valence-corrected chi connectivity index (χ1v) is 11.2. The Kier molecular flexibility index (Phi) is 6.58. The Bertz CT molecular complexity index is 1370. The van der Waals surface area contributed by atoms with E-state index in [1.165, 1.54) is 10.6 Å². The van der Waals surface area contributed by atoms with Gasteiger partial charge in [0.1, 0.15) is 5.82 Å². The normalized spacial score (nSPS) is 11.0. The van der Waals surface area contributed by atoms with Gasteiger partial charge in [-0.15, -0.1) is 0 Å². The van der Waals surface area contributed by atoms with Gasteiger partial charge < -0.3 is 5.32 Å². The third kappa shape index (κ3) is 4.84. The van der Waals surface area contributed by atoms with Crippen molar-refractivity contribution in [2.75, 3.05) is 5.75 Å². The maximum absolute atomic E-state index is 13.8. The van der Waals surface area contributed by atoms with Crippen molar-refractivity contribution in [1.82, 2.24) is 14.9 Å². The van der Waals surface area contributed by atoms with E-state index >= 15 is 0 Å². The highest BCUT2D eigenvalue weighted by Gasteiger charge is 2.15. The minimum absolute atomic E-state index is 0.0127. The fraction of sp³-hybridized carbons (Fsp3) is 0.125. The Morgan fingerprint density at radius 3 is 2.72 bits per heavy atom. The molecule has 1 heterocycles. The lowest BCUT2D eigenvalue weighted by Gasteiger charge is -2.14. The molecule has 0 aliphatic heterocycles. The van der Waals surface area contributed by atoms with Gasteiger partial charge in [0.05, 0.1) is 22.3 Å². The molecule has 5 nitrogen and oxygen atoms in total. The summed E-state index contributed by atoms with van der Waals surface area (Å²) in [7, 11) is 0. The molecule has 4 aromatic rings. The second-order valence-electron chi connectivity index (χ2n) is 7.19. The van der Waals surface area contributed by atoms with Crippen LogP contribution in [0.5, 0.6) is 0 Å². The third-order valence-electron chi connectivity index (χ3n) is 4.83. The summed E-state index contributed by atoms with van der Waals surface area (Å²) in [4.78, 5) is 30.3. The van der Waals surface area contributed by atoms with Gasteiger partial charge in [0.15, 0.2) is 5.16 Å². The molecule has 0 unspecified atom stereocenters. The van der Waals surface area contributed by atoms with E-state index in [0.29, 0.717) is 32.3 Å². The van der Waals surface area contributed by atoms with Crippen molar-refractivity contribution in [2.45, 2.75) is 18.6 Å². The fourth-order valence-corrected chi connectivity index (χ4v) is 4.26. The van der Waals surface area contributed by atoms with Crippen molar-refractivity contribution in [3.63, 3.8) is 0 Å². The fourth-order valence-electron chi connectivity index (χ4n) is 3.25. The summed E-state index contributed by atoms with van der Waals surface area (Å²) in [5.41, 5.74) is 2.27. The van der Waals surface area contributed by atoms with Crippen molar-refractivity contribution in [2.24, 2.45) is 0 Å². The van der Waals surface area contributed by atoms with Crippen LogP contribution < -0.4 is 10.9 Å². The molecular weight excluding hydrogens is 449 g/mol. The molecular formula is C24H19ClFN3O2S. The average Bonchev–Trinajstić information content (AvgIpc) is 2.77. The molecule has 4 rings (SSSR count). The molecule has 1 aromatic heterocycles. The van der Waals surface area contributed by atoms with E-state index in [2.05, 4.69) is 10.3 Å². The Labute approximate surface area is 193 Å². The first kappa shape index (κ1) is 22.0. The van der Waals surface area contributed by atoms with Crippen LogP contribution in [0.1, 0.15) is 11.1 Å². The Morgan fingerprint density at radius 2 is 1.94 bits per heavy atom. The summed E-state index contributed by atoms with van der Waals surface area (Å²) in [5.74, 6) is -0.657. The number of hydrogen-bond donors (Lipinski definition) is 1. The van der Waals surface area contributed by atoms with Crippen LogP contribution in [0.4, 0.5) is 4.39 Å². The minimum atomic E-state index is -0.373. The zero-order chi connectivity index (χ0) is 22.7. The van der Waals surface area contributed by atoms with Gasteiger partial charge in [-0.2, -0.15) is 0 Å². The lowest BCUT2D eigenvalue weighted by molar-refractivity contribution is -0.118. The summed E-state index contributed by atoms with van der Waals surface area (Å²) < 4.78 is 15.3. The van der Waals surface area contributed by atoms with Crippen molar-refractivity contribution in [3.05, 3.63) is 99.1 Å². The number of thioether (sulfide) groups is 1. The number of nitrogens with zero attached hydrogens (tertiary/aromatic N) is 2. The largest absolute Gasteiger partial charge is 0.351 e. The van der Waals surface area contributed by atoms with Crippen LogP contribution in [-0.4, -0.2) is 21.2 Å². The van der Waals surface area contributed by atoms with Crippen LogP contribution in [0.15, 0.2) is 76.7 Å². The van der Waals surface area contributed by atoms with Gasteiger partial charge in [-0.25, -0.2) is 9.37 Å². The monoisotopic (exact) mass is 467 g/mol. The molecule has 0 spiro atoms. The second-order valence-corrected chi connectivity index (χ2v) is 8.57. The molecule has 1 amide bonds. The smallest absolute Gasteiger partial charge is 0.266 e. The summed E-state index contributed by atoms with van der Waals surface area (Å²) in [5, 5.41) is 3.98. The van der Waals surface area contributed by atoms with Crippen LogP contribution in [-0.2, 0) is 11.3 Å². The third-order valence-corrected chi connectivity index (χ3v) is 6.00. The number of carbonyl (C=O) groups excluding carboxylic acids is 1. The lowest BCUT2D eigenvalue weighted by atomic mass is 10.2. The van der Waals surface area contributed by atoms with Crippen LogP contribution in [0.3, 0.4) is 0 Å². The lowest BCUT2D eigenvalue weighted by Crippen LogP contribution is -2.26. The number of benzene rings is 3. The first-order chi connectivity index (χ1) is 15.4. The van der Waals surface area contributed by atoms with Gasteiger partial charge in [-0.05, 0) is 48.9 Å². The highest BCUT2D eigenvalue weighted by Crippen LogP contribution is 2.23. The van der Waals surface area contributed by atoms with Crippen LogP contribution in [0.2, 0.25) is 5.02 Å². The number of aromatic nitrogens is 2. The summed E-state index contributed by atoms with van der Waals surface area (Å²) in [6.07, 6.45) is 0. The Hall–Kier alpha value is -3.16. The molecule has 0 atom stereocenters. The number of nitrogens with one attached hydrogen (secondary N) is 1. The number of hydrogen-bond acceptors (Lipinski definition) is 4. The van der Waals surface area contributed by atoms with Gasteiger partial charge in [0, 0.05) is 17.1 Å². The molecule has 1 N–H and O–H groups in total. The zero-order valence-corrected chi connectivity index (χ0v) is 18.7. The van der Waals surface area contributed by atoms with E-state index in [1.54, 1.807) is 36.4 Å². The van der Waals surface area contributed by atoms with Crippen molar-refractivity contribution >= 4 is 40.2 Å². The molecule has 0 fully saturated rings. The van der Waals surface area contributed by atoms with Gasteiger partial charge in [0.25, 0.3) is 5.56 Å². The highest BCUT2D eigenvalue weighted by atomic mass is 35.5. The van der Waals surface area contributed by atoms with Gasteiger partial charge in [0.2, 0.25) is 5.91 Å². The molecule has 0 aliphatic rings. The summed E-state index contributed by atoms with van der Waals surface area (Å²) >= 11 is 7.22. The van der Waals surface area contributed by atoms with Crippen LogP contribution in [0, 0.1) is 12.7 Å². The maximum Gasteiger partial charge on any atom is 0.266 e. The van der Waals surface area contributed by atoms with Crippen LogP contribution in [0.25, 0.3) is 16.6 Å². The quantitative estimate of drug-likeness (QED) is 0.324. The topological polar surface area (TPSA) is 64.0 Å². The van der Waals surface area contributed by atoms with E-state index in [1.807, 2.05) is 31.2 Å².